The summed E-state index contributed by atoms with van der Waals surface area (Å²) < 4.78 is 12.6. The third-order valence-electron chi connectivity index (χ3n) is 13.3. The second kappa shape index (κ2) is 17.6. The van der Waals surface area contributed by atoms with E-state index in [1.54, 1.807) is 72.8 Å². The minimum absolute atomic E-state index is 0.171. The molecule has 0 atom stereocenters. The van der Waals surface area contributed by atoms with Crippen molar-refractivity contribution in [2.75, 3.05) is 22.9 Å². The summed E-state index contributed by atoms with van der Waals surface area (Å²) in [5.74, 6) is -0.907. The fourth-order valence-electron chi connectivity index (χ4n) is 9.87. The van der Waals surface area contributed by atoms with Gasteiger partial charge in [-0.25, -0.2) is 0 Å². The molecule has 66 heavy (non-hydrogen) atoms. The molecule has 4 aromatic carbocycles. The molecular formula is C54H50N4O8. The highest BCUT2D eigenvalue weighted by molar-refractivity contribution is 6.29. The van der Waals surface area contributed by atoms with E-state index in [9.17, 15) is 28.8 Å². The zero-order valence-electron chi connectivity index (χ0n) is 37.2. The average Bonchev–Trinajstić information content (AvgIpc) is 4.14. The van der Waals surface area contributed by atoms with Gasteiger partial charge in [0, 0.05) is 81.8 Å². The Labute approximate surface area is 382 Å². The summed E-state index contributed by atoms with van der Waals surface area (Å²) in [5, 5.41) is 2.52. The minimum Gasteiger partial charge on any atom is -0.440 e. The third-order valence-corrected chi connectivity index (χ3v) is 13.3. The van der Waals surface area contributed by atoms with Crippen LogP contribution in [0.3, 0.4) is 0 Å². The maximum Gasteiger partial charge on any atom is 0.267 e. The Bertz CT molecular complexity index is 2830. The van der Waals surface area contributed by atoms with E-state index < -0.39 is 11.8 Å². The van der Waals surface area contributed by atoms with Crippen LogP contribution in [0, 0.1) is 0 Å². The molecule has 4 aliphatic heterocycles. The number of benzene rings is 4. The third kappa shape index (κ3) is 7.15. The van der Waals surface area contributed by atoms with Crippen LogP contribution >= 0.6 is 0 Å². The van der Waals surface area contributed by atoms with Crippen molar-refractivity contribution in [1.29, 1.82) is 0 Å². The fourth-order valence-corrected chi connectivity index (χ4v) is 9.87. The van der Waals surface area contributed by atoms with E-state index in [4.69, 9.17) is 8.83 Å². The van der Waals surface area contributed by atoms with Gasteiger partial charge in [-0.2, -0.15) is 0 Å². The van der Waals surface area contributed by atoms with E-state index in [2.05, 4.69) is 13.8 Å². The first-order chi connectivity index (χ1) is 32.2. The van der Waals surface area contributed by atoms with E-state index in [0.29, 0.717) is 79.5 Å². The number of imide groups is 2. The number of furan rings is 2. The van der Waals surface area contributed by atoms with E-state index >= 15 is 0 Å². The lowest BCUT2D eigenvalue weighted by molar-refractivity contribution is -0.115. The monoisotopic (exact) mass is 882 g/mol. The zero-order valence-corrected chi connectivity index (χ0v) is 37.2. The Morgan fingerprint density at radius 3 is 1.15 bits per heavy atom. The van der Waals surface area contributed by atoms with Gasteiger partial charge in [0.25, 0.3) is 35.4 Å². The number of hydrogen-bond acceptors (Lipinski definition) is 8. The molecule has 6 aromatic rings. The molecule has 0 saturated heterocycles. The van der Waals surface area contributed by atoms with E-state index in [-0.39, 0.29) is 46.5 Å². The highest BCUT2D eigenvalue weighted by Crippen LogP contribution is 2.43. The summed E-state index contributed by atoms with van der Waals surface area (Å²) in [6, 6.07) is 24.6. The van der Waals surface area contributed by atoms with E-state index in [0.717, 1.165) is 64.2 Å². The Hall–Kier alpha value is -7.34. The van der Waals surface area contributed by atoms with Gasteiger partial charge in [0.1, 0.15) is 11.5 Å². The van der Waals surface area contributed by atoms with Crippen molar-refractivity contribution in [2.45, 2.75) is 90.9 Å². The van der Waals surface area contributed by atoms with Crippen LogP contribution in [-0.4, -0.2) is 58.3 Å². The number of anilines is 2. The average molecular weight is 883 g/mol. The van der Waals surface area contributed by atoms with Crippen LogP contribution in [0.1, 0.15) is 132 Å². The molecule has 6 amide bonds. The van der Waals surface area contributed by atoms with Crippen LogP contribution in [0.5, 0.6) is 0 Å². The second-order valence-electron chi connectivity index (χ2n) is 17.5. The first-order valence-corrected chi connectivity index (χ1v) is 23.4. The van der Waals surface area contributed by atoms with Gasteiger partial charge >= 0.3 is 0 Å². The van der Waals surface area contributed by atoms with Gasteiger partial charge in [-0.3, -0.25) is 48.4 Å². The molecule has 0 spiro atoms. The van der Waals surface area contributed by atoms with Gasteiger partial charge in [-0.1, -0.05) is 102 Å². The molecule has 0 fully saturated rings. The van der Waals surface area contributed by atoms with Crippen molar-refractivity contribution in [3.8, 4) is 22.6 Å². The summed E-state index contributed by atoms with van der Waals surface area (Å²) in [4.78, 5) is 87.8. The van der Waals surface area contributed by atoms with Gasteiger partial charge in [0.2, 0.25) is 11.8 Å². The molecule has 0 radical (unpaired) electrons. The summed E-state index contributed by atoms with van der Waals surface area (Å²) >= 11 is 0. The van der Waals surface area contributed by atoms with Crippen molar-refractivity contribution in [3.05, 3.63) is 131 Å². The van der Waals surface area contributed by atoms with Crippen LogP contribution in [0.25, 0.3) is 44.2 Å². The number of carbonyl (C=O) groups excluding carboxylic acids is 6. The standard InChI is InChI=1S/C54H50N4O8/c1-3-5-7-9-11-13-29-55-49(59)37-19-15-17-35-33(21-23-39(47(35)37)51(55)61)43-25-27-45(65-43)57-31-41-42(53(57)63)32-58(54(41)64)46-28-26-44(66-46)34-22-24-40-48-36(34)18-16-20-38(48)50(60)56(52(40)62)30-14-12-10-8-6-4-2/h15-28,31-32H,3-14,29-30H2,1-2H3. The molecule has 0 bridgehead atoms. The summed E-state index contributed by atoms with van der Waals surface area (Å²) in [6.45, 7) is 5.09. The van der Waals surface area contributed by atoms with Gasteiger partial charge in [0.05, 0.1) is 11.1 Å². The van der Waals surface area contributed by atoms with Crippen LogP contribution in [-0.2, 0) is 9.59 Å². The maximum absolute atomic E-state index is 13.9. The molecule has 0 N–H and O–H groups in total. The first-order valence-electron chi connectivity index (χ1n) is 23.4. The summed E-state index contributed by atoms with van der Waals surface area (Å²) in [7, 11) is 0. The number of fused-ring (bicyclic) bond motifs is 1. The quantitative estimate of drug-likeness (QED) is 0.0613. The molecule has 12 heteroatoms. The predicted molar refractivity (Wildman–Crippen MR) is 252 cm³/mol. The molecule has 12 nitrogen and oxygen atoms in total. The minimum atomic E-state index is -0.462. The highest BCUT2D eigenvalue weighted by Gasteiger charge is 2.42. The Balaban J connectivity index is 0.850. The predicted octanol–water partition coefficient (Wildman–Crippen LogP) is 11.6. The molecule has 0 aliphatic carbocycles. The van der Waals surface area contributed by atoms with Crippen molar-refractivity contribution in [1.82, 2.24) is 9.80 Å². The van der Waals surface area contributed by atoms with Gasteiger partial charge < -0.3 is 8.83 Å². The van der Waals surface area contributed by atoms with Crippen LogP contribution in [0.15, 0.2) is 117 Å². The lowest BCUT2D eigenvalue weighted by Gasteiger charge is -2.27. The van der Waals surface area contributed by atoms with Gasteiger partial charge in [-0.05, 0) is 72.1 Å². The van der Waals surface area contributed by atoms with E-state index in [1.807, 2.05) is 12.1 Å². The SMILES string of the molecule is CCCCCCCCN1C(=O)c2cccc3c(-c4ccc(N5C=C6C(=O)N(c7ccc(-c8ccc9c%10c(cccc8%10)C(=O)N(CCCCCCCC)C9=O)o7)C=C6C5=O)o4)ccc(c23)C1=O. The zero-order chi connectivity index (χ0) is 45.6. The largest absolute Gasteiger partial charge is 0.440 e. The summed E-state index contributed by atoms with van der Waals surface area (Å²) in [6.07, 6.45) is 15.5. The van der Waals surface area contributed by atoms with Crippen molar-refractivity contribution in [2.24, 2.45) is 0 Å². The molecule has 0 saturated carbocycles. The number of hydrogen-bond donors (Lipinski definition) is 0. The van der Waals surface area contributed by atoms with Crippen LogP contribution < -0.4 is 9.80 Å². The normalized spacial score (nSPS) is 15.6. The smallest absolute Gasteiger partial charge is 0.267 e. The fraction of sp³-hybridized carbons (Fsp3) is 0.296. The molecule has 4 aliphatic rings. The number of carbonyl (C=O) groups is 6. The summed E-state index contributed by atoms with van der Waals surface area (Å²) in [5.41, 5.74) is 3.51. The lowest BCUT2D eigenvalue weighted by atomic mass is 9.90. The van der Waals surface area contributed by atoms with Crippen LogP contribution in [0.2, 0.25) is 0 Å². The molecule has 334 valence electrons. The number of amides is 6. The van der Waals surface area contributed by atoms with Crippen molar-refractivity contribution in [3.63, 3.8) is 0 Å². The van der Waals surface area contributed by atoms with Crippen LogP contribution in [0.4, 0.5) is 11.8 Å². The van der Waals surface area contributed by atoms with Gasteiger partial charge in [0.15, 0.2) is 0 Å². The maximum atomic E-state index is 13.9. The molecule has 0 unspecified atom stereocenters. The van der Waals surface area contributed by atoms with Crippen molar-refractivity contribution >= 4 is 68.8 Å². The lowest BCUT2D eigenvalue weighted by Crippen LogP contribution is -2.40. The Kier molecular flexibility index (Phi) is 11.3. The number of unbranched alkanes of at least 4 members (excludes halogenated alkanes) is 10. The second-order valence-corrected chi connectivity index (χ2v) is 17.5. The number of nitrogens with zero attached hydrogens (tertiary/aromatic N) is 4. The highest BCUT2D eigenvalue weighted by atomic mass is 16.4. The Morgan fingerprint density at radius 2 is 0.742 bits per heavy atom. The number of rotatable bonds is 18. The molecule has 10 rings (SSSR count). The van der Waals surface area contributed by atoms with Gasteiger partial charge in [-0.15, -0.1) is 0 Å². The van der Waals surface area contributed by atoms with Crippen molar-refractivity contribution < 1.29 is 37.6 Å². The Morgan fingerprint density at radius 1 is 0.379 bits per heavy atom. The molecule has 6 heterocycles. The molecule has 2 aromatic heterocycles. The van der Waals surface area contributed by atoms with E-state index in [1.165, 1.54) is 44.8 Å². The first kappa shape index (κ1) is 42.6. The molecular weight excluding hydrogens is 833 g/mol. The topological polar surface area (TPSA) is 142 Å².